The van der Waals surface area contributed by atoms with Crippen LogP contribution in [0.2, 0.25) is 0 Å². The van der Waals surface area contributed by atoms with Crippen LogP contribution in [0.4, 0.5) is 0 Å². The second-order valence-corrected chi connectivity index (χ2v) is 6.97. The lowest BCUT2D eigenvalue weighted by atomic mass is 9.95. The Morgan fingerprint density at radius 2 is 1.96 bits per heavy atom. The van der Waals surface area contributed by atoms with E-state index in [0.717, 1.165) is 51.9 Å². The van der Waals surface area contributed by atoms with Gasteiger partial charge in [-0.1, -0.05) is 0 Å². The lowest BCUT2D eigenvalue weighted by Crippen LogP contribution is -2.43. The standard InChI is InChI=1S/C19H27N3O3/c23-18(21-8-1-2-15-7-13-25-14-15)16-5-11-22(12-6-16)19(24)17-3-9-20-10-4-17/h3-4,9-10,15-16H,1-2,5-8,11-14H2,(H,21,23). The lowest BCUT2D eigenvalue weighted by Gasteiger charge is -2.31. The quantitative estimate of drug-likeness (QED) is 0.799. The Balaban J connectivity index is 1.35. The molecule has 25 heavy (non-hydrogen) atoms. The molecule has 0 spiro atoms. The normalized spacial score (nSPS) is 21.3. The Morgan fingerprint density at radius 3 is 2.64 bits per heavy atom. The fraction of sp³-hybridized carbons (Fsp3) is 0.632. The number of amides is 2. The van der Waals surface area contributed by atoms with Gasteiger partial charge in [0.15, 0.2) is 0 Å². The van der Waals surface area contributed by atoms with Crippen LogP contribution < -0.4 is 5.32 Å². The number of nitrogens with zero attached hydrogens (tertiary/aromatic N) is 2. The predicted octanol–water partition coefficient (Wildman–Crippen LogP) is 1.87. The molecule has 1 N–H and O–H groups in total. The van der Waals surface area contributed by atoms with Crippen molar-refractivity contribution < 1.29 is 14.3 Å². The fourth-order valence-corrected chi connectivity index (χ4v) is 3.58. The van der Waals surface area contributed by atoms with Crippen LogP contribution in [0.15, 0.2) is 24.5 Å². The topological polar surface area (TPSA) is 71.5 Å². The number of hydrogen-bond donors (Lipinski definition) is 1. The van der Waals surface area contributed by atoms with Crippen molar-refractivity contribution in [1.29, 1.82) is 0 Å². The van der Waals surface area contributed by atoms with Crippen molar-refractivity contribution >= 4 is 11.8 Å². The molecular weight excluding hydrogens is 318 g/mol. The molecule has 2 fully saturated rings. The molecule has 2 saturated heterocycles. The van der Waals surface area contributed by atoms with Gasteiger partial charge in [0, 0.05) is 56.7 Å². The van der Waals surface area contributed by atoms with E-state index in [1.807, 2.05) is 4.90 Å². The maximum Gasteiger partial charge on any atom is 0.253 e. The number of likely N-dealkylation sites (tertiary alicyclic amines) is 1. The number of carbonyl (C=O) groups excluding carboxylic acids is 2. The van der Waals surface area contributed by atoms with Gasteiger partial charge in [-0.15, -0.1) is 0 Å². The van der Waals surface area contributed by atoms with Crippen LogP contribution in [0, 0.1) is 11.8 Å². The zero-order chi connectivity index (χ0) is 17.5. The molecule has 6 heteroatoms. The lowest BCUT2D eigenvalue weighted by molar-refractivity contribution is -0.126. The van der Waals surface area contributed by atoms with Crippen molar-refractivity contribution in [3.05, 3.63) is 30.1 Å². The van der Waals surface area contributed by atoms with Gasteiger partial charge >= 0.3 is 0 Å². The summed E-state index contributed by atoms with van der Waals surface area (Å²) in [4.78, 5) is 30.5. The minimum Gasteiger partial charge on any atom is -0.381 e. The highest BCUT2D eigenvalue weighted by Crippen LogP contribution is 2.20. The molecule has 0 aromatic carbocycles. The maximum atomic E-state index is 12.4. The van der Waals surface area contributed by atoms with Gasteiger partial charge in [0.25, 0.3) is 5.91 Å². The summed E-state index contributed by atoms with van der Waals surface area (Å²) >= 11 is 0. The number of pyridine rings is 1. The molecule has 0 radical (unpaired) electrons. The molecule has 3 rings (SSSR count). The van der Waals surface area contributed by atoms with Gasteiger partial charge in [0.1, 0.15) is 0 Å². The maximum absolute atomic E-state index is 12.4. The zero-order valence-corrected chi connectivity index (χ0v) is 14.7. The van der Waals surface area contributed by atoms with Gasteiger partial charge < -0.3 is 15.0 Å². The van der Waals surface area contributed by atoms with E-state index in [1.165, 1.54) is 0 Å². The number of ether oxygens (including phenoxy) is 1. The van der Waals surface area contributed by atoms with Gasteiger partial charge in [-0.3, -0.25) is 14.6 Å². The third-order valence-corrected chi connectivity index (χ3v) is 5.19. The number of hydrogen-bond acceptors (Lipinski definition) is 4. The van der Waals surface area contributed by atoms with E-state index in [-0.39, 0.29) is 17.7 Å². The summed E-state index contributed by atoms with van der Waals surface area (Å²) in [5.74, 6) is 0.856. The van der Waals surface area contributed by atoms with E-state index in [2.05, 4.69) is 10.3 Å². The molecule has 1 aromatic rings. The third kappa shape index (κ3) is 5.01. The van der Waals surface area contributed by atoms with Crippen LogP contribution in [-0.2, 0) is 9.53 Å². The number of carbonyl (C=O) groups is 2. The van der Waals surface area contributed by atoms with Gasteiger partial charge in [0.05, 0.1) is 0 Å². The monoisotopic (exact) mass is 345 g/mol. The van der Waals surface area contributed by atoms with Crippen molar-refractivity contribution in [3.8, 4) is 0 Å². The van der Waals surface area contributed by atoms with Crippen LogP contribution in [0.5, 0.6) is 0 Å². The second-order valence-electron chi connectivity index (χ2n) is 6.97. The summed E-state index contributed by atoms with van der Waals surface area (Å²) in [6.07, 6.45) is 8.02. The molecule has 2 amide bonds. The zero-order valence-electron chi connectivity index (χ0n) is 14.7. The fourth-order valence-electron chi connectivity index (χ4n) is 3.58. The molecule has 0 saturated carbocycles. The number of piperidine rings is 1. The van der Waals surface area contributed by atoms with Gasteiger partial charge in [0.2, 0.25) is 5.91 Å². The Labute approximate surface area is 148 Å². The van der Waals surface area contributed by atoms with Crippen LogP contribution >= 0.6 is 0 Å². The van der Waals surface area contributed by atoms with Crippen molar-refractivity contribution in [1.82, 2.24) is 15.2 Å². The van der Waals surface area contributed by atoms with Crippen LogP contribution in [0.1, 0.15) is 42.5 Å². The third-order valence-electron chi connectivity index (χ3n) is 5.19. The molecule has 1 atom stereocenters. The summed E-state index contributed by atoms with van der Waals surface area (Å²) in [6, 6.07) is 3.47. The minimum atomic E-state index is 0.0244. The minimum absolute atomic E-state index is 0.0244. The van der Waals surface area contributed by atoms with E-state index in [4.69, 9.17) is 4.74 Å². The second kappa shape index (κ2) is 8.94. The molecule has 1 unspecified atom stereocenters. The van der Waals surface area contributed by atoms with E-state index < -0.39 is 0 Å². The van der Waals surface area contributed by atoms with Crippen LogP contribution in [-0.4, -0.2) is 54.5 Å². The number of aromatic nitrogens is 1. The highest BCUT2D eigenvalue weighted by molar-refractivity contribution is 5.94. The molecule has 1 aromatic heterocycles. The smallest absolute Gasteiger partial charge is 0.253 e. The highest BCUT2D eigenvalue weighted by atomic mass is 16.5. The van der Waals surface area contributed by atoms with Crippen molar-refractivity contribution in [2.45, 2.75) is 32.1 Å². The van der Waals surface area contributed by atoms with Crippen LogP contribution in [0.25, 0.3) is 0 Å². The predicted molar refractivity (Wildman–Crippen MR) is 94.0 cm³/mol. The first-order chi connectivity index (χ1) is 12.2. The van der Waals surface area contributed by atoms with E-state index >= 15 is 0 Å². The molecular formula is C19H27N3O3. The van der Waals surface area contributed by atoms with Crippen molar-refractivity contribution in [3.63, 3.8) is 0 Å². The molecule has 6 nitrogen and oxygen atoms in total. The Kier molecular flexibility index (Phi) is 6.39. The first-order valence-electron chi connectivity index (χ1n) is 9.29. The van der Waals surface area contributed by atoms with Crippen molar-refractivity contribution in [2.75, 3.05) is 32.8 Å². The van der Waals surface area contributed by atoms with E-state index in [1.54, 1.807) is 24.5 Å². The Bertz CT molecular complexity index is 565. The number of rotatable bonds is 6. The summed E-state index contributed by atoms with van der Waals surface area (Å²) in [5.41, 5.74) is 0.661. The summed E-state index contributed by atoms with van der Waals surface area (Å²) < 4.78 is 5.37. The Hall–Kier alpha value is -1.95. The average molecular weight is 345 g/mol. The summed E-state index contributed by atoms with van der Waals surface area (Å²) in [5, 5.41) is 3.06. The van der Waals surface area contributed by atoms with Gasteiger partial charge in [-0.2, -0.15) is 0 Å². The largest absolute Gasteiger partial charge is 0.381 e. The molecule has 136 valence electrons. The van der Waals surface area contributed by atoms with Crippen LogP contribution in [0.3, 0.4) is 0 Å². The molecule has 2 aliphatic rings. The van der Waals surface area contributed by atoms with E-state index in [9.17, 15) is 9.59 Å². The Morgan fingerprint density at radius 1 is 1.20 bits per heavy atom. The summed E-state index contributed by atoms with van der Waals surface area (Å²) in [7, 11) is 0. The molecule has 2 aliphatic heterocycles. The molecule has 0 bridgehead atoms. The van der Waals surface area contributed by atoms with E-state index in [0.29, 0.717) is 24.6 Å². The molecule has 0 aliphatic carbocycles. The average Bonchev–Trinajstić information content (AvgIpc) is 3.19. The first kappa shape index (κ1) is 17.9. The highest BCUT2D eigenvalue weighted by Gasteiger charge is 2.27. The number of nitrogens with one attached hydrogen (secondary N) is 1. The van der Waals surface area contributed by atoms with Crippen molar-refractivity contribution in [2.24, 2.45) is 11.8 Å². The first-order valence-corrected chi connectivity index (χ1v) is 9.29. The summed E-state index contributed by atoms with van der Waals surface area (Å²) in [6.45, 7) is 3.77. The molecule has 3 heterocycles. The SMILES string of the molecule is O=C(NCCCC1CCOC1)C1CCN(C(=O)c2ccncc2)CC1. The van der Waals surface area contributed by atoms with Gasteiger partial charge in [-0.25, -0.2) is 0 Å². The van der Waals surface area contributed by atoms with Gasteiger partial charge in [-0.05, 0) is 50.2 Å².